The summed E-state index contributed by atoms with van der Waals surface area (Å²) in [4.78, 5) is 26.1. The van der Waals surface area contributed by atoms with Crippen molar-refractivity contribution >= 4 is 28.9 Å². The topological polar surface area (TPSA) is 91.8 Å². The number of hydrogen-bond acceptors (Lipinski definition) is 5. The number of nitrogens with zero attached hydrogens (tertiary/aromatic N) is 3. The van der Waals surface area contributed by atoms with Gasteiger partial charge < -0.3 is 10.1 Å². The van der Waals surface area contributed by atoms with E-state index in [9.17, 15) is 4.79 Å². The van der Waals surface area contributed by atoms with E-state index in [0.29, 0.717) is 5.65 Å². The van der Waals surface area contributed by atoms with Gasteiger partial charge >= 0.3 is 5.97 Å². The number of aromatic nitrogens is 4. The van der Waals surface area contributed by atoms with E-state index in [4.69, 9.17) is 5.11 Å². The lowest BCUT2D eigenvalue weighted by molar-refractivity contribution is -0.136. The molecule has 0 amide bonds. The monoisotopic (exact) mass is 300 g/mol. The number of carboxylic acids is 1. The van der Waals surface area contributed by atoms with Crippen molar-refractivity contribution in [3.8, 4) is 0 Å². The summed E-state index contributed by atoms with van der Waals surface area (Å²) in [5, 5.41) is 9.59. The van der Waals surface area contributed by atoms with E-state index in [1.165, 1.54) is 6.33 Å². The molecular weight excluding hydrogens is 288 g/mol. The van der Waals surface area contributed by atoms with Crippen molar-refractivity contribution < 1.29 is 9.90 Å². The molecule has 21 heavy (non-hydrogen) atoms. The van der Waals surface area contributed by atoms with E-state index in [1.807, 2.05) is 24.3 Å². The van der Waals surface area contributed by atoms with Gasteiger partial charge in [0.1, 0.15) is 16.9 Å². The molecule has 6 nitrogen and oxygen atoms in total. The van der Waals surface area contributed by atoms with Gasteiger partial charge in [-0.05, 0) is 11.1 Å². The van der Waals surface area contributed by atoms with Gasteiger partial charge in [-0.15, -0.1) is 0 Å². The lowest BCUT2D eigenvalue weighted by Crippen LogP contribution is -1.99. The molecule has 0 saturated carbocycles. The van der Waals surface area contributed by atoms with Gasteiger partial charge in [-0.1, -0.05) is 36.0 Å². The summed E-state index contributed by atoms with van der Waals surface area (Å²) in [5.41, 5.74) is 3.41. The van der Waals surface area contributed by atoms with Gasteiger partial charge in [-0.25, -0.2) is 15.0 Å². The van der Waals surface area contributed by atoms with Crippen molar-refractivity contribution in [2.24, 2.45) is 0 Å². The standard InChI is InChI=1S/C14H12N4O2S/c19-11(20)5-9-1-3-10(4-2-9)6-21-14-12-13(16-7-15-12)17-8-18-14/h1-4,7-8H,5-6H2,(H,19,20)(H,15,16,17,18). The van der Waals surface area contributed by atoms with Gasteiger partial charge in [-0.2, -0.15) is 0 Å². The van der Waals surface area contributed by atoms with Gasteiger partial charge in [0.2, 0.25) is 0 Å². The summed E-state index contributed by atoms with van der Waals surface area (Å²) in [5.74, 6) is -0.0712. The summed E-state index contributed by atoms with van der Waals surface area (Å²) in [6, 6.07) is 7.57. The van der Waals surface area contributed by atoms with Crippen molar-refractivity contribution in [3.05, 3.63) is 48.0 Å². The van der Waals surface area contributed by atoms with Crippen molar-refractivity contribution in [2.75, 3.05) is 0 Å². The molecule has 0 unspecified atom stereocenters. The molecule has 0 aliphatic carbocycles. The van der Waals surface area contributed by atoms with Crippen LogP contribution in [0.4, 0.5) is 0 Å². The molecule has 7 heteroatoms. The highest BCUT2D eigenvalue weighted by molar-refractivity contribution is 7.98. The molecule has 106 valence electrons. The van der Waals surface area contributed by atoms with Crippen LogP contribution < -0.4 is 0 Å². The molecule has 0 aliphatic heterocycles. The van der Waals surface area contributed by atoms with Crippen LogP contribution in [-0.2, 0) is 17.0 Å². The highest BCUT2D eigenvalue weighted by atomic mass is 32.2. The maximum absolute atomic E-state index is 10.6. The maximum Gasteiger partial charge on any atom is 0.307 e. The molecule has 3 rings (SSSR count). The highest BCUT2D eigenvalue weighted by Crippen LogP contribution is 2.25. The Kier molecular flexibility index (Phi) is 3.83. The van der Waals surface area contributed by atoms with E-state index in [0.717, 1.165) is 27.4 Å². The van der Waals surface area contributed by atoms with Crippen molar-refractivity contribution in [3.63, 3.8) is 0 Å². The average molecular weight is 300 g/mol. The number of carbonyl (C=O) groups is 1. The molecular formula is C14H12N4O2S. The molecule has 1 aromatic carbocycles. The normalized spacial score (nSPS) is 10.9. The van der Waals surface area contributed by atoms with E-state index in [-0.39, 0.29) is 6.42 Å². The number of aliphatic carboxylic acids is 1. The first kappa shape index (κ1) is 13.6. The quantitative estimate of drug-likeness (QED) is 0.555. The van der Waals surface area contributed by atoms with Crippen LogP contribution >= 0.6 is 11.8 Å². The number of benzene rings is 1. The van der Waals surface area contributed by atoms with Crippen LogP contribution in [-0.4, -0.2) is 31.0 Å². The number of aromatic amines is 1. The third-order valence-corrected chi connectivity index (χ3v) is 4.00. The molecule has 0 fully saturated rings. The molecule has 2 heterocycles. The van der Waals surface area contributed by atoms with Crippen LogP contribution in [0.15, 0.2) is 41.9 Å². The predicted molar refractivity (Wildman–Crippen MR) is 79.0 cm³/mol. The largest absolute Gasteiger partial charge is 0.481 e. The molecule has 0 bridgehead atoms. The van der Waals surface area contributed by atoms with Gasteiger partial charge in [0.25, 0.3) is 0 Å². The van der Waals surface area contributed by atoms with Gasteiger partial charge in [0, 0.05) is 5.75 Å². The maximum atomic E-state index is 10.6. The number of hydrogen-bond donors (Lipinski definition) is 2. The van der Waals surface area contributed by atoms with E-state index in [1.54, 1.807) is 18.1 Å². The summed E-state index contributed by atoms with van der Waals surface area (Å²) in [6.07, 6.45) is 3.15. The Morgan fingerprint density at radius 3 is 2.67 bits per heavy atom. The van der Waals surface area contributed by atoms with E-state index < -0.39 is 5.97 Å². The summed E-state index contributed by atoms with van der Waals surface area (Å²) >= 11 is 1.59. The van der Waals surface area contributed by atoms with Crippen molar-refractivity contribution in [2.45, 2.75) is 17.2 Å². The molecule has 0 aliphatic rings. The Hall–Kier alpha value is -2.41. The number of imidazole rings is 1. The zero-order valence-corrected chi connectivity index (χ0v) is 11.8. The molecule has 0 atom stereocenters. The van der Waals surface area contributed by atoms with Crippen molar-refractivity contribution in [1.29, 1.82) is 0 Å². The van der Waals surface area contributed by atoms with Gasteiger partial charge in [-0.3, -0.25) is 4.79 Å². The Balaban J connectivity index is 1.70. The number of fused-ring (bicyclic) bond motifs is 1. The number of H-pyrrole nitrogens is 1. The molecule has 2 aromatic heterocycles. The highest BCUT2D eigenvalue weighted by Gasteiger charge is 2.07. The second-order valence-corrected chi connectivity index (χ2v) is 5.42. The first-order valence-corrected chi connectivity index (χ1v) is 7.27. The van der Waals surface area contributed by atoms with Crippen LogP contribution in [0.5, 0.6) is 0 Å². The Morgan fingerprint density at radius 1 is 1.14 bits per heavy atom. The Labute approximate surface area is 124 Å². The summed E-state index contributed by atoms with van der Waals surface area (Å²) < 4.78 is 0. The van der Waals surface area contributed by atoms with Gasteiger partial charge in [0.15, 0.2) is 5.65 Å². The van der Waals surface area contributed by atoms with Crippen LogP contribution in [0, 0.1) is 0 Å². The fourth-order valence-electron chi connectivity index (χ4n) is 1.93. The molecule has 3 aromatic rings. The third-order valence-electron chi connectivity index (χ3n) is 2.94. The van der Waals surface area contributed by atoms with Crippen LogP contribution in [0.2, 0.25) is 0 Å². The smallest absolute Gasteiger partial charge is 0.307 e. The molecule has 0 saturated heterocycles. The number of thioether (sulfide) groups is 1. The second-order valence-electron chi connectivity index (χ2n) is 4.46. The molecule has 0 radical (unpaired) electrons. The average Bonchev–Trinajstić information content (AvgIpc) is 2.95. The molecule has 0 spiro atoms. The minimum Gasteiger partial charge on any atom is -0.481 e. The molecule has 2 N–H and O–H groups in total. The lowest BCUT2D eigenvalue weighted by atomic mass is 10.1. The number of nitrogens with one attached hydrogen (secondary N) is 1. The Morgan fingerprint density at radius 2 is 1.90 bits per heavy atom. The van der Waals surface area contributed by atoms with Gasteiger partial charge in [0.05, 0.1) is 12.7 Å². The lowest BCUT2D eigenvalue weighted by Gasteiger charge is -2.03. The zero-order valence-electron chi connectivity index (χ0n) is 11.0. The fourth-order valence-corrected chi connectivity index (χ4v) is 2.84. The van der Waals surface area contributed by atoms with E-state index >= 15 is 0 Å². The third kappa shape index (κ3) is 3.19. The van der Waals surface area contributed by atoms with Crippen LogP contribution in [0.25, 0.3) is 11.2 Å². The minimum absolute atomic E-state index is 0.0497. The summed E-state index contributed by atoms with van der Waals surface area (Å²) in [7, 11) is 0. The van der Waals surface area contributed by atoms with Crippen molar-refractivity contribution in [1.82, 2.24) is 19.9 Å². The zero-order chi connectivity index (χ0) is 14.7. The Bertz CT molecular complexity index is 770. The fraction of sp³-hybridized carbons (Fsp3) is 0.143. The second kappa shape index (κ2) is 5.92. The van der Waals surface area contributed by atoms with Crippen LogP contribution in [0.3, 0.4) is 0 Å². The summed E-state index contributed by atoms with van der Waals surface area (Å²) in [6.45, 7) is 0. The minimum atomic E-state index is -0.820. The SMILES string of the molecule is O=C(O)Cc1ccc(CSc2ncnc3nc[nH]c23)cc1. The first-order valence-electron chi connectivity index (χ1n) is 6.29. The first-order chi connectivity index (χ1) is 10.2. The van der Waals surface area contributed by atoms with Crippen LogP contribution in [0.1, 0.15) is 11.1 Å². The number of rotatable bonds is 5. The van der Waals surface area contributed by atoms with E-state index in [2.05, 4.69) is 19.9 Å². The predicted octanol–water partition coefficient (Wildman–Crippen LogP) is 2.27. The number of carboxylic acid groups (broad SMARTS) is 1.